The van der Waals surface area contributed by atoms with Crippen LogP contribution in [-0.2, 0) is 6.42 Å². The molecule has 1 rings (SSSR count). The van der Waals surface area contributed by atoms with Gasteiger partial charge in [0.1, 0.15) is 0 Å². The number of hydrogen-bond donors (Lipinski definition) is 1. The summed E-state index contributed by atoms with van der Waals surface area (Å²) in [5.74, 6) is 0. The summed E-state index contributed by atoms with van der Waals surface area (Å²) in [6, 6.07) is 7.80. The first-order valence-corrected chi connectivity index (χ1v) is 4.27. The van der Waals surface area contributed by atoms with Gasteiger partial charge in [0.15, 0.2) is 0 Å². The molecular formula is C9H12BrN. The average molecular weight is 217 g/mol. The number of rotatable bonds is 3. The first-order chi connectivity index (χ1) is 6.49. The van der Waals surface area contributed by atoms with Crippen LogP contribution in [0.4, 0.5) is 0 Å². The summed E-state index contributed by atoms with van der Waals surface area (Å²) in [5.41, 5.74) is 1.12. The van der Waals surface area contributed by atoms with Gasteiger partial charge in [-0.05, 0) is 31.6 Å². The van der Waals surface area contributed by atoms with Crippen molar-refractivity contribution in [1.82, 2.24) is 5.32 Å². The molecule has 2 heteroatoms. The van der Waals surface area contributed by atoms with Crippen LogP contribution in [0.1, 0.15) is 9.68 Å². The van der Waals surface area contributed by atoms with E-state index in [0.717, 1.165) is 10.0 Å². The highest BCUT2D eigenvalue weighted by Gasteiger charge is 1.95. The number of nitrogens with one attached hydrogen (secondary N) is 1. The van der Waals surface area contributed by atoms with Gasteiger partial charge in [-0.15, -0.1) is 0 Å². The summed E-state index contributed by atoms with van der Waals surface area (Å²) in [4.78, 5) is 0. The van der Waals surface area contributed by atoms with E-state index in [1.165, 1.54) is 0 Å². The van der Waals surface area contributed by atoms with Gasteiger partial charge in [0.25, 0.3) is 0 Å². The molecule has 1 N–H and O–H groups in total. The third-order valence-corrected chi connectivity index (χ3v) is 2.25. The van der Waals surface area contributed by atoms with Crippen molar-refractivity contribution < 1.29 is 4.11 Å². The molecule has 11 heavy (non-hydrogen) atoms. The Morgan fingerprint density at radius 1 is 1.55 bits per heavy atom. The highest BCUT2D eigenvalue weighted by molar-refractivity contribution is 9.10. The molecule has 0 aromatic heterocycles. The van der Waals surface area contributed by atoms with E-state index >= 15 is 0 Å². The molecule has 0 spiro atoms. The predicted octanol–water partition coefficient (Wildman–Crippen LogP) is 2.21. The summed E-state index contributed by atoms with van der Waals surface area (Å²) in [6.07, 6.45) is 0.708. The molecule has 60 valence electrons. The fourth-order valence-corrected chi connectivity index (χ4v) is 1.38. The van der Waals surface area contributed by atoms with Crippen LogP contribution in [-0.4, -0.2) is 13.5 Å². The van der Waals surface area contributed by atoms with Crippen LogP contribution in [0.5, 0.6) is 0 Å². The molecule has 0 radical (unpaired) electrons. The number of hydrogen-bond acceptors (Lipinski definition) is 1. The number of halogens is 1. The van der Waals surface area contributed by atoms with Gasteiger partial charge in [-0.3, -0.25) is 0 Å². The zero-order chi connectivity index (χ0) is 10.6. The molecule has 1 nitrogen and oxygen atoms in total. The van der Waals surface area contributed by atoms with Crippen molar-refractivity contribution >= 4 is 15.9 Å². The molecule has 0 saturated heterocycles. The Hall–Kier alpha value is -0.340. The van der Waals surface area contributed by atoms with Crippen LogP contribution >= 0.6 is 15.9 Å². The third-order valence-electron chi connectivity index (χ3n) is 1.48. The molecule has 0 saturated carbocycles. The van der Waals surface area contributed by atoms with E-state index in [2.05, 4.69) is 21.2 Å². The molecule has 0 bridgehead atoms. The Kier molecular flexibility index (Phi) is 2.19. The smallest absolute Gasteiger partial charge is 0.0391 e. The molecule has 0 amide bonds. The van der Waals surface area contributed by atoms with Crippen molar-refractivity contribution in [2.45, 2.75) is 6.42 Å². The van der Waals surface area contributed by atoms with Crippen molar-refractivity contribution in [1.29, 1.82) is 0 Å². The van der Waals surface area contributed by atoms with E-state index in [-0.39, 0.29) is 0 Å². The van der Waals surface area contributed by atoms with Crippen molar-refractivity contribution in [2.75, 3.05) is 13.5 Å². The van der Waals surface area contributed by atoms with Gasteiger partial charge in [-0.2, -0.15) is 0 Å². The Morgan fingerprint density at radius 2 is 2.36 bits per heavy atom. The summed E-state index contributed by atoms with van der Waals surface area (Å²) in [5, 5.41) is 2.48. The van der Waals surface area contributed by atoms with E-state index in [9.17, 15) is 0 Å². The van der Waals surface area contributed by atoms with Gasteiger partial charge < -0.3 is 5.32 Å². The van der Waals surface area contributed by atoms with Gasteiger partial charge >= 0.3 is 0 Å². The molecule has 0 aliphatic heterocycles. The number of benzene rings is 1. The zero-order valence-electron chi connectivity index (χ0n) is 9.10. The van der Waals surface area contributed by atoms with Crippen LogP contribution in [0.25, 0.3) is 0 Å². The SMILES string of the molecule is [2H]C([2H])([2H])NCCc1ccccc1Br. The average Bonchev–Trinajstić information content (AvgIpc) is 2.06. The summed E-state index contributed by atoms with van der Waals surface area (Å²) in [6.45, 7) is -1.58. The molecule has 0 fully saturated rings. The second-order valence-electron chi connectivity index (χ2n) is 2.27. The lowest BCUT2D eigenvalue weighted by atomic mass is 10.1. The quantitative estimate of drug-likeness (QED) is 0.818. The Morgan fingerprint density at radius 3 is 3.09 bits per heavy atom. The monoisotopic (exact) mass is 216 g/mol. The van der Waals surface area contributed by atoms with Crippen LogP contribution in [0.3, 0.4) is 0 Å². The first-order valence-electron chi connectivity index (χ1n) is 4.97. The summed E-state index contributed by atoms with van der Waals surface area (Å²) >= 11 is 3.41. The first kappa shape index (κ1) is 5.33. The normalized spacial score (nSPS) is 15.2. The lowest BCUT2D eigenvalue weighted by Gasteiger charge is -2.02. The van der Waals surface area contributed by atoms with Crippen LogP contribution in [0.15, 0.2) is 28.7 Å². The van der Waals surface area contributed by atoms with E-state index in [1.54, 1.807) is 0 Å². The minimum absolute atomic E-state index is 0.457. The van der Waals surface area contributed by atoms with Crippen molar-refractivity contribution in [2.24, 2.45) is 0 Å². The van der Waals surface area contributed by atoms with Crippen LogP contribution < -0.4 is 5.32 Å². The van der Waals surface area contributed by atoms with Gasteiger partial charge in [0.05, 0.1) is 0 Å². The van der Waals surface area contributed by atoms with E-state index in [4.69, 9.17) is 4.11 Å². The Balaban J connectivity index is 2.43. The van der Waals surface area contributed by atoms with Crippen molar-refractivity contribution in [3.8, 4) is 0 Å². The molecule has 1 aromatic carbocycles. The molecule has 0 heterocycles. The second kappa shape index (κ2) is 4.52. The third kappa shape index (κ3) is 2.64. The van der Waals surface area contributed by atoms with Gasteiger partial charge in [-0.1, -0.05) is 34.1 Å². The highest BCUT2D eigenvalue weighted by Crippen LogP contribution is 2.15. The molecule has 0 unspecified atom stereocenters. The Bertz CT molecular complexity index is 298. The second-order valence-corrected chi connectivity index (χ2v) is 3.12. The maximum Gasteiger partial charge on any atom is 0.0391 e. The van der Waals surface area contributed by atoms with Crippen molar-refractivity contribution in [3.05, 3.63) is 34.3 Å². The molecular weight excluding hydrogens is 202 g/mol. The molecule has 1 aromatic rings. The number of likely N-dealkylation sites (N-methyl/N-ethyl adjacent to an activating group) is 1. The lowest BCUT2D eigenvalue weighted by molar-refractivity contribution is 0.790. The van der Waals surface area contributed by atoms with Crippen LogP contribution in [0, 0.1) is 0 Å². The van der Waals surface area contributed by atoms with Gasteiger partial charge in [0.2, 0.25) is 0 Å². The Labute approximate surface area is 80.2 Å². The standard InChI is InChI=1S/C9H12BrN/c1-11-7-6-8-4-2-3-5-9(8)10/h2-5,11H,6-7H2,1H3/i1D3. The zero-order valence-corrected chi connectivity index (χ0v) is 7.69. The minimum atomic E-state index is -2.04. The summed E-state index contributed by atoms with van der Waals surface area (Å²) in [7, 11) is 0. The fourth-order valence-electron chi connectivity index (χ4n) is 0.898. The minimum Gasteiger partial charge on any atom is -0.319 e. The van der Waals surface area contributed by atoms with Gasteiger partial charge in [0, 0.05) is 8.58 Å². The van der Waals surface area contributed by atoms with Gasteiger partial charge in [-0.25, -0.2) is 0 Å². The lowest BCUT2D eigenvalue weighted by Crippen LogP contribution is -2.10. The maximum atomic E-state index is 6.96. The molecule has 0 atom stereocenters. The molecule has 0 aliphatic carbocycles. The maximum absolute atomic E-state index is 6.96. The highest BCUT2D eigenvalue weighted by atomic mass is 79.9. The molecule has 0 aliphatic rings. The van der Waals surface area contributed by atoms with E-state index in [0.29, 0.717) is 13.0 Å². The van der Waals surface area contributed by atoms with E-state index < -0.39 is 6.98 Å². The van der Waals surface area contributed by atoms with Crippen molar-refractivity contribution in [3.63, 3.8) is 0 Å². The predicted molar refractivity (Wildman–Crippen MR) is 51.8 cm³/mol. The van der Waals surface area contributed by atoms with Crippen LogP contribution in [0.2, 0.25) is 0 Å². The topological polar surface area (TPSA) is 12.0 Å². The fraction of sp³-hybridized carbons (Fsp3) is 0.333. The largest absolute Gasteiger partial charge is 0.319 e. The summed E-state index contributed by atoms with van der Waals surface area (Å²) < 4.78 is 21.9. The van der Waals surface area contributed by atoms with E-state index in [1.807, 2.05) is 24.3 Å².